The average molecular weight is 413 g/mol. The van der Waals surface area contributed by atoms with Crippen molar-refractivity contribution in [1.82, 2.24) is 5.32 Å². The topological polar surface area (TPSA) is 32.3 Å². The van der Waals surface area contributed by atoms with Crippen LogP contribution >= 0.6 is 31.9 Å². The number of aromatic hydroxyl groups is 1. The summed E-state index contributed by atoms with van der Waals surface area (Å²) in [6.07, 6.45) is 0.908. The van der Waals surface area contributed by atoms with Gasteiger partial charge in [-0.15, -0.1) is 0 Å². The van der Waals surface area contributed by atoms with E-state index in [4.69, 9.17) is 0 Å². The Labute approximate surface area is 142 Å². The highest BCUT2D eigenvalue weighted by molar-refractivity contribution is 9.10. The van der Waals surface area contributed by atoms with Gasteiger partial charge in [0.15, 0.2) is 0 Å². The fraction of sp³-hybridized carbons (Fsp3) is 0.294. The Kier molecular flexibility index (Phi) is 5.85. The van der Waals surface area contributed by atoms with Gasteiger partial charge in [-0.1, -0.05) is 50.9 Å². The summed E-state index contributed by atoms with van der Waals surface area (Å²) in [6.45, 7) is 4.26. The van der Waals surface area contributed by atoms with E-state index in [0.717, 1.165) is 20.9 Å². The zero-order valence-electron chi connectivity index (χ0n) is 12.1. The van der Waals surface area contributed by atoms with Gasteiger partial charge in [0, 0.05) is 26.6 Å². The number of phenols is 1. The van der Waals surface area contributed by atoms with Crippen molar-refractivity contribution in [2.24, 2.45) is 0 Å². The molecule has 0 amide bonds. The molecule has 2 N–H and O–H groups in total. The maximum absolute atomic E-state index is 10.1. The summed E-state index contributed by atoms with van der Waals surface area (Å²) in [6, 6.07) is 14.2. The predicted octanol–water partition coefficient (Wildman–Crippen LogP) is 5.72. The lowest BCUT2D eigenvalue weighted by Gasteiger charge is -2.24. The fourth-order valence-electron chi connectivity index (χ4n) is 2.38. The van der Waals surface area contributed by atoms with Gasteiger partial charge < -0.3 is 10.4 Å². The molecule has 0 aliphatic heterocycles. The van der Waals surface area contributed by atoms with Crippen LogP contribution in [0.3, 0.4) is 0 Å². The van der Waals surface area contributed by atoms with Crippen LogP contribution in [-0.4, -0.2) is 5.11 Å². The summed E-state index contributed by atoms with van der Waals surface area (Å²) < 4.78 is 2.06. The molecule has 2 aromatic rings. The molecule has 112 valence electrons. The molecule has 4 heteroatoms. The molecule has 0 saturated carbocycles. The SMILES string of the molecule is CCC(NC(C)c1ccc(Br)cc1)c1cc(Br)ccc1O. The van der Waals surface area contributed by atoms with Crippen LogP contribution in [0.15, 0.2) is 51.4 Å². The molecule has 0 aromatic heterocycles. The first-order chi connectivity index (χ1) is 10.0. The van der Waals surface area contributed by atoms with Gasteiger partial charge >= 0.3 is 0 Å². The molecule has 0 aliphatic carbocycles. The summed E-state index contributed by atoms with van der Waals surface area (Å²) in [5.41, 5.74) is 2.15. The van der Waals surface area contributed by atoms with Crippen molar-refractivity contribution >= 4 is 31.9 Å². The zero-order valence-corrected chi connectivity index (χ0v) is 15.3. The fourth-order valence-corrected chi connectivity index (χ4v) is 3.02. The number of halogens is 2. The Morgan fingerprint density at radius 2 is 1.67 bits per heavy atom. The Morgan fingerprint density at radius 1 is 1.05 bits per heavy atom. The van der Waals surface area contributed by atoms with Crippen molar-refractivity contribution in [1.29, 1.82) is 0 Å². The van der Waals surface area contributed by atoms with Crippen LogP contribution in [0, 0.1) is 0 Å². The Morgan fingerprint density at radius 3 is 2.29 bits per heavy atom. The third-order valence-corrected chi connectivity index (χ3v) is 4.62. The second-order valence-electron chi connectivity index (χ2n) is 5.10. The van der Waals surface area contributed by atoms with E-state index in [0.29, 0.717) is 5.75 Å². The van der Waals surface area contributed by atoms with Gasteiger partial charge in [-0.25, -0.2) is 0 Å². The van der Waals surface area contributed by atoms with Crippen molar-refractivity contribution in [3.05, 3.63) is 62.5 Å². The number of nitrogens with one attached hydrogen (secondary N) is 1. The summed E-state index contributed by atoms with van der Waals surface area (Å²) >= 11 is 6.92. The van der Waals surface area contributed by atoms with E-state index in [1.165, 1.54) is 5.56 Å². The smallest absolute Gasteiger partial charge is 0.120 e. The Bertz CT molecular complexity index is 598. The molecule has 0 aliphatic rings. The van der Waals surface area contributed by atoms with Crippen molar-refractivity contribution < 1.29 is 5.11 Å². The molecule has 2 nitrogen and oxygen atoms in total. The third kappa shape index (κ3) is 4.31. The van der Waals surface area contributed by atoms with E-state index in [1.807, 2.05) is 24.3 Å². The van der Waals surface area contributed by atoms with E-state index in [-0.39, 0.29) is 12.1 Å². The van der Waals surface area contributed by atoms with Gasteiger partial charge in [0.05, 0.1) is 0 Å². The highest BCUT2D eigenvalue weighted by atomic mass is 79.9. The van der Waals surface area contributed by atoms with Crippen LogP contribution in [0.5, 0.6) is 5.75 Å². The van der Waals surface area contributed by atoms with Crippen molar-refractivity contribution in [2.45, 2.75) is 32.4 Å². The minimum absolute atomic E-state index is 0.112. The molecule has 2 atom stereocenters. The van der Waals surface area contributed by atoms with Crippen LogP contribution in [0.1, 0.15) is 43.5 Å². The van der Waals surface area contributed by atoms with Crippen LogP contribution in [0.4, 0.5) is 0 Å². The first-order valence-electron chi connectivity index (χ1n) is 7.01. The Hall–Kier alpha value is -0.840. The van der Waals surface area contributed by atoms with Crippen LogP contribution < -0.4 is 5.32 Å². The van der Waals surface area contributed by atoms with Gasteiger partial charge in [-0.05, 0) is 49.2 Å². The van der Waals surface area contributed by atoms with E-state index < -0.39 is 0 Å². The van der Waals surface area contributed by atoms with Crippen molar-refractivity contribution in [3.63, 3.8) is 0 Å². The number of phenolic OH excluding ortho intramolecular Hbond substituents is 1. The molecule has 2 unspecified atom stereocenters. The zero-order chi connectivity index (χ0) is 15.4. The highest BCUT2D eigenvalue weighted by Gasteiger charge is 2.17. The highest BCUT2D eigenvalue weighted by Crippen LogP contribution is 2.31. The monoisotopic (exact) mass is 411 g/mol. The first kappa shape index (κ1) is 16.5. The molecule has 0 heterocycles. The number of hydrogen-bond donors (Lipinski definition) is 2. The standard InChI is InChI=1S/C17H19Br2NO/c1-3-16(15-10-14(19)8-9-17(15)21)20-11(2)12-4-6-13(18)7-5-12/h4-11,16,20-21H,3H2,1-2H3. The minimum Gasteiger partial charge on any atom is -0.508 e. The number of rotatable bonds is 5. The van der Waals surface area contributed by atoms with E-state index in [1.54, 1.807) is 6.07 Å². The molecular weight excluding hydrogens is 394 g/mol. The number of benzene rings is 2. The largest absolute Gasteiger partial charge is 0.508 e. The molecule has 2 rings (SSSR count). The predicted molar refractivity (Wildman–Crippen MR) is 94.5 cm³/mol. The van der Waals surface area contributed by atoms with Crippen LogP contribution in [0.25, 0.3) is 0 Å². The van der Waals surface area contributed by atoms with Gasteiger partial charge in [-0.2, -0.15) is 0 Å². The maximum Gasteiger partial charge on any atom is 0.120 e. The second-order valence-corrected chi connectivity index (χ2v) is 6.94. The first-order valence-corrected chi connectivity index (χ1v) is 8.59. The summed E-state index contributed by atoms with van der Waals surface area (Å²) in [7, 11) is 0. The summed E-state index contributed by atoms with van der Waals surface area (Å²) in [5.74, 6) is 0.334. The number of hydrogen-bond acceptors (Lipinski definition) is 2. The summed E-state index contributed by atoms with van der Waals surface area (Å²) in [4.78, 5) is 0. The summed E-state index contributed by atoms with van der Waals surface area (Å²) in [5, 5.41) is 13.7. The van der Waals surface area contributed by atoms with Crippen molar-refractivity contribution in [2.75, 3.05) is 0 Å². The molecule has 0 radical (unpaired) electrons. The van der Waals surface area contributed by atoms with Gasteiger partial charge in [0.2, 0.25) is 0 Å². The average Bonchev–Trinajstić information content (AvgIpc) is 2.48. The van der Waals surface area contributed by atoms with Crippen LogP contribution in [0.2, 0.25) is 0 Å². The Balaban J connectivity index is 2.18. The van der Waals surface area contributed by atoms with Gasteiger partial charge in [-0.3, -0.25) is 0 Å². The second kappa shape index (κ2) is 7.43. The quantitative estimate of drug-likeness (QED) is 0.658. The molecule has 0 bridgehead atoms. The lowest BCUT2D eigenvalue weighted by molar-refractivity contribution is 0.419. The third-order valence-electron chi connectivity index (χ3n) is 3.59. The molecule has 0 spiro atoms. The molecule has 21 heavy (non-hydrogen) atoms. The molecule has 0 fully saturated rings. The molecule has 2 aromatic carbocycles. The minimum atomic E-state index is 0.112. The van der Waals surface area contributed by atoms with E-state index in [9.17, 15) is 5.11 Å². The maximum atomic E-state index is 10.1. The lowest BCUT2D eigenvalue weighted by Crippen LogP contribution is -2.24. The van der Waals surface area contributed by atoms with Gasteiger partial charge in [0.25, 0.3) is 0 Å². The van der Waals surface area contributed by atoms with E-state index >= 15 is 0 Å². The normalized spacial score (nSPS) is 13.9. The van der Waals surface area contributed by atoms with Gasteiger partial charge in [0.1, 0.15) is 5.75 Å². The molecule has 0 saturated heterocycles. The van der Waals surface area contributed by atoms with Crippen LogP contribution in [-0.2, 0) is 0 Å². The van der Waals surface area contributed by atoms with Crippen molar-refractivity contribution in [3.8, 4) is 5.75 Å². The lowest BCUT2D eigenvalue weighted by atomic mass is 10.0. The molecular formula is C17H19Br2NO. The van der Waals surface area contributed by atoms with E-state index in [2.05, 4.69) is 63.2 Å².